The summed E-state index contributed by atoms with van der Waals surface area (Å²) in [6.07, 6.45) is -6.50. The highest BCUT2D eigenvalue weighted by Crippen LogP contribution is 2.31. The van der Waals surface area contributed by atoms with E-state index in [9.17, 15) is 13.2 Å². The highest BCUT2D eigenvalue weighted by atomic mass is 79.9. The van der Waals surface area contributed by atoms with Crippen molar-refractivity contribution in [2.24, 2.45) is 5.73 Å². The van der Waals surface area contributed by atoms with Crippen LogP contribution in [-0.4, -0.2) is 18.3 Å². The predicted molar refractivity (Wildman–Crippen MR) is 63.0 cm³/mol. The molecule has 0 heterocycles. The lowest BCUT2D eigenvalue weighted by Gasteiger charge is -2.25. The maximum atomic E-state index is 12.6. The summed E-state index contributed by atoms with van der Waals surface area (Å²) in [6.45, 7) is 3.10. The van der Waals surface area contributed by atoms with Gasteiger partial charge in [-0.3, -0.25) is 0 Å². The first-order valence-corrected chi connectivity index (χ1v) is 5.76. The molecule has 1 aromatic carbocycles. The van der Waals surface area contributed by atoms with Crippen LogP contribution in [0.25, 0.3) is 0 Å². The summed E-state index contributed by atoms with van der Waals surface area (Å²) in [5.74, 6) is 0.134. The Kier molecular flexibility index (Phi) is 4.43. The van der Waals surface area contributed by atoms with Crippen LogP contribution in [0, 0.1) is 6.92 Å². The summed E-state index contributed by atoms with van der Waals surface area (Å²) in [4.78, 5) is 0. The Bertz CT molecular complexity index is 393. The molecular formula is C11H13BrF3NO. The molecule has 2 nitrogen and oxygen atoms in total. The minimum atomic E-state index is -4.49. The third-order valence-corrected chi connectivity index (χ3v) is 2.76. The van der Waals surface area contributed by atoms with Crippen LogP contribution in [0.2, 0.25) is 0 Å². The molecule has 0 saturated heterocycles. The lowest BCUT2D eigenvalue weighted by atomic mass is 10.2. The molecule has 0 aromatic heterocycles. The Balaban J connectivity index is 2.94. The fourth-order valence-electron chi connectivity index (χ4n) is 1.31. The van der Waals surface area contributed by atoms with Crippen molar-refractivity contribution in [3.63, 3.8) is 0 Å². The summed E-state index contributed by atoms with van der Waals surface area (Å²) in [5.41, 5.74) is 6.21. The van der Waals surface area contributed by atoms with E-state index in [1.54, 1.807) is 12.1 Å². The number of halogens is 4. The van der Waals surface area contributed by atoms with Crippen LogP contribution in [-0.2, 0) is 0 Å². The number of rotatable bonds is 3. The Hall–Kier alpha value is -0.750. The second-order valence-corrected chi connectivity index (χ2v) is 4.73. The van der Waals surface area contributed by atoms with Gasteiger partial charge < -0.3 is 10.5 Å². The minimum Gasteiger partial charge on any atom is -0.478 e. The Morgan fingerprint density at radius 3 is 2.35 bits per heavy atom. The van der Waals surface area contributed by atoms with Gasteiger partial charge in [0.1, 0.15) is 5.75 Å². The van der Waals surface area contributed by atoms with Crippen molar-refractivity contribution in [3.05, 3.63) is 28.2 Å². The first kappa shape index (κ1) is 14.3. The summed E-state index contributed by atoms with van der Waals surface area (Å²) < 4.78 is 43.3. The molecule has 0 aliphatic rings. The lowest BCUT2D eigenvalue weighted by Crippen LogP contribution is -2.47. The fraction of sp³-hybridized carbons (Fsp3) is 0.455. The van der Waals surface area contributed by atoms with Gasteiger partial charge in [-0.25, -0.2) is 0 Å². The molecule has 2 unspecified atom stereocenters. The first-order chi connectivity index (χ1) is 7.71. The average Bonchev–Trinajstić information content (AvgIpc) is 2.13. The van der Waals surface area contributed by atoms with Crippen LogP contribution in [0.15, 0.2) is 22.7 Å². The van der Waals surface area contributed by atoms with Gasteiger partial charge in [-0.05, 0) is 47.5 Å². The van der Waals surface area contributed by atoms with Gasteiger partial charge in [0, 0.05) is 6.04 Å². The molecule has 0 saturated carbocycles. The van der Waals surface area contributed by atoms with E-state index in [4.69, 9.17) is 10.5 Å². The topological polar surface area (TPSA) is 35.2 Å². The number of alkyl halides is 3. The molecule has 2 N–H and O–H groups in total. The van der Waals surface area contributed by atoms with Crippen molar-refractivity contribution in [3.8, 4) is 5.75 Å². The van der Waals surface area contributed by atoms with E-state index in [1.807, 2.05) is 6.92 Å². The standard InChI is InChI=1S/C11H13BrF3NO/c1-6-3-4-9(8(12)5-6)17-10(7(2)16)11(13,14)15/h3-5,7,10H,16H2,1-2H3. The zero-order valence-corrected chi connectivity index (χ0v) is 11.0. The molecule has 0 aliphatic heterocycles. The molecule has 0 radical (unpaired) electrons. The molecule has 0 aliphatic carbocycles. The zero-order chi connectivity index (χ0) is 13.2. The van der Waals surface area contributed by atoms with E-state index in [2.05, 4.69) is 15.9 Å². The van der Waals surface area contributed by atoms with Crippen LogP contribution < -0.4 is 10.5 Å². The van der Waals surface area contributed by atoms with Crippen molar-refractivity contribution in [1.82, 2.24) is 0 Å². The Morgan fingerprint density at radius 1 is 1.35 bits per heavy atom. The zero-order valence-electron chi connectivity index (χ0n) is 9.38. The van der Waals surface area contributed by atoms with Crippen LogP contribution >= 0.6 is 15.9 Å². The van der Waals surface area contributed by atoms with E-state index in [-0.39, 0.29) is 5.75 Å². The van der Waals surface area contributed by atoms with Crippen LogP contribution in [0.5, 0.6) is 5.75 Å². The van der Waals surface area contributed by atoms with Crippen molar-refractivity contribution in [2.45, 2.75) is 32.2 Å². The van der Waals surface area contributed by atoms with Gasteiger partial charge in [0.15, 0.2) is 0 Å². The van der Waals surface area contributed by atoms with E-state index in [1.165, 1.54) is 13.0 Å². The van der Waals surface area contributed by atoms with E-state index in [0.29, 0.717) is 4.47 Å². The average molecular weight is 312 g/mol. The monoisotopic (exact) mass is 311 g/mol. The number of aryl methyl sites for hydroxylation is 1. The molecule has 96 valence electrons. The molecule has 0 amide bonds. The van der Waals surface area contributed by atoms with Crippen molar-refractivity contribution >= 4 is 15.9 Å². The van der Waals surface area contributed by atoms with Crippen molar-refractivity contribution in [1.29, 1.82) is 0 Å². The predicted octanol–water partition coefficient (Wildman–Crippen LogP) is 3.41. The highest BCUT2D eigenvalue weighted by molar-refractivity contribution is 9.10. The van der Waals surface area contributed by atoms with E-state index in [0.717, 1.165) is 5.56 Å². The molecule has 0 spiro atoms. The van der Waals surface area contributed by atoms with Crippen LogP contribution in [0.4, 0.5) is 13.2 Å². The summed E-state index contributed by atoms with van der Waals surface area (Å²) in [6, 6.07) is 3.71. The largest absolute Gasteiger partial charge is 0.478 e. The summed E-state index contributed by atoms with van der Waals surface area (Å²) in [5, 5.41) is 0. The van der Waals surface area contributed by atoms with Crippen LogP contribution in [0.3, 0.4) is 0 Å². The Labute approximate surface area is 106 Å². The number of nitrogens with two attached hydrogens (primary N) is 1. The van der Waals surface area contributed by atoms with Gasteiger partial charge >= 0.3 is 6.18 Å². The second kappa shape index (κ2) is 5.27. The number of hydrogen-bond donors (Lipinski definition) is 1. The van der Waals surface area contributed by atoms with E-state index >= 15 is 0 Å². The third kappa shape index (κ3) is 3.89. The summed E-state index contributed by atoms with van der Waals surface area (Å²) in [7, 11) is 0. The van der Waals surface area contributed by atoms with Gasteiger partial charge in [0.2, 0.25) is 6.10 Å². The van der Waals surface area contributed by atoms with Gasteiger partial charge in [-0.1, -0.05) is 6.07 Å². The molecular weight excluding hydrogens is 299 g/mol. The van der Waals surface area contributed by atoms with Gasteiger partial charge in [-0.15, -0.1) is 0 Å². The van der Waals surface area contributed by atoms with Crippen LogP contribution in [0.1, 0.15) is 12.5 Å². The molecule has 2 atom stereocenters. The SMILES string of the molecule is Cc1ccc(OC(C(C)N)C(F)(F)F)c(Br)c1. The smallest absolute Gasteiger partial charge is 0.426 e. The number of benzene rings is 1. The normalized spacial score (nSPS) is 15.5. The van der Waals surface area contributed by atoms with Gasteiger partial charge in [-0.2, -0.15) is 13.2 Å². The van der Waals surface area contributed by atoms with Gasteiger partial charge in [0.25, 0.3) is 0 Å². The molecule has 1 aromatic rings. The third-order valence-electron chi connectivity index (χ3n) is 2.14. The van der Waals surface area contributed by atoms with Crippen molar-refractivity contribution < 1.29 is 17.9 Å². The molecule has 0 bridgehead atoms. The second-order valence-electron chi connectivity index (χ2n) is 3.87. The lowest BCUT2D eigenvalue weighted by molar-refractivity contribution is -0.199. The molecule has 1 rings (SSSR count). The Morgan fingerprint density at radius 2 is 1.94 bits per heavy atom. The highest BCUT2D eigenvalue weighted by Gasteiger charge is 2.44. The quantitative estimate of drug-likeness (QED) is 0.928. The molecule has 17 heavy (non-hydrogen) atoms. The first-order valence-electron chi connectivity index (χ1n) is 4.97. The van der Waals surface area contributed by atoms with Gasteiger partial charge in [0.05, 0.1) is 4.47 Å². The maximum Gasteiger partial charge on any atom is 0.426 e. The van der Waals surface area contributed by atoms with Crippen molar-refractivity contribution in [2.75, 3.05) is 0 Å². The number of hydrogen-bond acceptors (Lipinski definition) is 2. The maximum absolute atomic E-state index is 12.6. The van der Waals surface area contributed by atoms with E-state index < -0.39 is 18.3 Å². The fourth-order valence-corrected chi connectivity index (χ4v) is 1.90. The summed E-state index contributed by atoms with van der Waals surface area (Å²) >= 11 is 3.16. The minimum absolute atomic E-state index is 0.134. The molecule has 0 fully saturated rings. The molecule has 6 heteroatoms. The number of ether oxygens (including phenoxy) is 1.